The Bertz CT molecular complexity index is 484. The largest absolute Gasteiger partial charge is 0.356 e. The van der Waals surface area contributed by atoms with Crippen LogP contribution in [0.5, 0.6) is 0 Å². The van der Waals surface area contributed by atoms with Gasteiger partial charge >= 0.3 is 0 Å². The first-order valence-electron chi connectivity index (χ1n) is 5.72. The first kappa shape index (κ1) is 13.6. The lowest BCUT2D eigenvalue weighted by atomic mass is 10.2. The Morgan fingerprint density at radius 1 is 1.28 bits per heavy atom. The van der Waals surface area contributed by atoms with Crippen LogP contribution in [-0.2, 0) is 6.54 Å². The fourth-order valence-electron chi connectivity index (χ4n) is 1.31. The molecule has 0 unspecified atom stereocenters. The van der Waals surface area contributed by atoms with Crippen LogP contribution in [0.2, 0.25) is 5.02 Å². The molecule has 96 valence electrons. The molecule has 0 aliphatic rings. The van der Waals surface area contributed by atoms with Gasteiger partial charge in [-0.15, -0.1) is 10.2 Å². The van der Waals surface area contributed by atoms with Crippen molar-refractivity contribution in [3.63, 3.8) is 0 Å². The minimum absolute atomic E-state index is 0.740. The van der Waals surface area contributed by atoms with E-state index in [2.05, 4.69) is 22.4 Å². The van der Waals surface area contributed by atoms with Gasteiger partial charge in [-0.1, -0.05) is 53.8 Å². The van der Waals surface area contributed by atoms with Crippen LogP contribution in [0.4, 0.5) is 5.13 Å². The van der Waals surface area contributed by atoms with E-state index < -0.39 is 0 Å². The molecule has 0 spiro atoms. The lowest BCUT2D eigenvalue weighted by Crippen LogP contribution is -1.98. The van der Waals surface area contributed by atoms with Gasteiger partial charge in [0.25, 0.3) is 0 Å². The number of anilines is 1. The molecule has 2 aromatic rings. The van der Waals surface area contributed by atoms with E-state index >= 15 is 0 Å². The predicted molar refractivity (Wildman–Crippen MR) is 79.7 cm³/mol. The van der Waals surface area contributed by atoms with Crippen LogP contribution in [0.15, 0.2) is 28.6 Å². The van der Waals surface area contributed by atoms with Crippen LogP contribution >= 0.6 is 34.7 Å². The Kier molecular flexibility index (Phi) is 5.28. The normalized spacial score (nSPS) is 10.6. The number of nitrogens with one attached hydrogen (secondary N) is 1. The van der Waals surface area contributed by atoms with Crippen LogP contribution in [0.3, 0.4) is 0 Å². The summed E-state index contributed by atoms with van der Waals surface area (Å²) in [6, 6.07) is 7.79. The lowest BCUT2D eigenvalue weighted by Gasteiger charge is -2.01. The molecule has 0 aliphatic carbocycles. The van der Waals surface area contributed by atoms with Crippen molar-refractivity contribution in [3.8, 4) is 0 Å². The topological polar surface area (TPSA) is 37.8 Å². The average Bonchev–Trinajstić information content (AvgIpc) is 2.84. The van der Waals surface area contributed by atoms with Crippen molar-refractivity contribution in [1.82, 2.24) is 10.2 Å². The summed E-state index contributed by atoms with van der Waals surface area (Å²) in [7, 11) is 0. The third kappa shape index (κ3) is 4.15. The van der Waals surface area contributed by atoms with E-state index in [1.807, 2.05) is 24.3 Å². The second kappa shape index (κ2) is 6.97. The highest BCUT2D eigenvalue weighted by atomic mass is 35.5. The summed E-state index contributed by atoms with van der Waals surface area (Å²) in [5, 5.41) is 13.1. The minimum Gasteiger partial charge on any atom is -0.356 e. The third-order valence-corrected chi connectivity index (χ3v) is 4.67. The van der Waals surface area contributed by atoms with Crippen LogP contribution in [0.25, 0.3) is 0 Å². The molecular formula is C12H14ClN3S2. The maximum Gasteiger partial charge on any atom is 0.206 e. The number of benzene rings is 1. The number of thioether (sulfide) groups is 1. The molecule has 0 saturated heterocycles. The van der Waals surface area contributed by atoms with Crippen LogP contribution in [0.1, 0.15) is 18.9 Å². The summed E-state index contributed by atoms with van der Waals surface area (Å²) in [4.78, 5) is 0. The Morgan fingerprint density at radius 3 is 2.78 bits per heavy atom. The highest BCUT2D eigenvalue weighted by Gasteiger charge is 2.03. The lowest BCUT2D eigenvalue weighted by molar-refractivity contribution is 0.992. The van der Waals surface area contributed by atoms with Gasteiger partial charge < -0.3 is 5.32 Å². The number of rotatable bonds is 6. The summed E-state index contributed by atoms with van der Waals surface area (Å²) >= 11 is 9.19. The summed E-state index contributed by atoms with van der Waals surface area (Å²) in [6.45, 7) is 2.90. The molecule has 0 radical (unpaired) electrons. The van der Waals surface area contributed by atoms with Crippen LogP contribution in [0, 0.1) is 0 Å². The van der Waals surface area contributed by atoms with Gasteiger partial charge in [0.15, 0.2) is 4.34 Å². The number of halogens is 1. The Balaban J connectivity index is 1.86. The van der Waals surface area contributed by atoms with E-state index in [0.29, 0.717) is 0 Å². The van der Waals surface area contributed by atoms with Gasteiger partial charge in [0, 0.05) is 17.3 Å². The van der Waals surface area contributed by atoms with Gasteiger partial charge in [-0.25, -0.2) is 0 Å². The van der Waals surface area contributed by atoms with Crippen molar-refractivity contribution in [2.24, 2.45) is 0 Å². The molecule has 0 amide bonds. The molecule has 0 fully saturated rings. The quantitative estimate of drug-likeness (QED) is 0.807. The number of nitrogens with zero attached hydrogens (tertiary/aromatic N) is 2. The first-order valence-corrected chi connectivity index (χ1v) is 7.90. The van der Waals surface area contributed by atoms with E-state index in [0.717, 1.165) is 33.2 Å². The molecule has 0 bridgehead atoms. The zero-order valence-corrected chi connectivity index (χ0v) is 12.4. The SMILES string of the molecule is CCCSc1nnc(NCc2ccc(Cl)cc2)s1. The zero-order chi connectivity index (χ0) is 12.8. The Hall–Kier alpha value is -0.780. The van der Waals surface area contributed by atoms with Crippen molar-refractivity contribution >= 4 is 39.8 Å². The Labute approximate surface area is 120 Å². The van der Waals surface area contributed by atoms with Crippen molar-refractivity contribution < 1.29 is 0 Å². The second-order valence-corrected chi connectivity index (χ2v) is 6.46. The van der Waals surface area contributed by atoms with Gasteiger partial charge in [0.05, 0.1) is 0 Å². The van der Waals surface area contributed by atoms with E-state index in [-0.39, 0.29) is 0 Å². The molecule has 1 N–H and O–H groups in total. The van der Waals surface area contributed by atoms with Crippen LogP contribution < -0.4 is 5.32 Å². The van der Waals surface area contributed by atoms with E-state index in [4.69, 9.17) is 11.6 Å². The van der Waals surface area contributed by atoms with Crippen molar-refractivity contribution in [2.75, 3.05) is 11.1 Å². The van der Waals surface area contributed by atoms with Gasteiger partial charge in [-0.2, -0.15) is 0 Å². The first-order chi connectivity index (χ1) is 8.78. The minimum atomic E-state index is 0.740. The zero-order valence-electron chi connectivity index (χ0n) is 10.0. The molecule has 18 heavy (non-hydrogen) atoms. The molecular weight excluding hydrogens is 286 g/mol. The standard InChI is InChI=1S/C12H14ClN3S2/c1-2-7-17-12-16-15-11(18-12)14-8-9-3-5-10(13)6-4-9/h3-6H,2,7-8H2,1H3,(H,14,15). The molecule has 2 rings (SSSR count). The smallest absolute Gasteiger partial charge is 0.206 e. The monoisotopic (exact) mass is 299 g/mol. The van der Waals surface area contributed by atoms with E-state index in [9.17, 15) is 0 Å². The molecule has 0 atom stereocenters. The molecule has 0 aliphatic heterocycles. The third-order valence-electron chi connectivity index (χ3n) is 2.19. The average molecular weight is 300 g/mol. The molecule has 0 saturated carbocycles. The Morgan fingerprint density at radius 2 is 2.06 bits per heavy atom. The van der Waals surface area contributed by atoms with Gasteiger partial charge in [-0.05, 0) is 24.1 Å². The molecule has 3 nitrogen and oxygen atoms in total. The second-order valence-electron chi connectivity index (χ2n) is 3.70. The molecule has 1 aromatic heterocycles. The molecule has 6 heteroatoms. The maximum atomic E-state index is 5.84. The maximum absolute atomic E-state index is 5.84. The van der Waals surface area contributed by atoms with Gasteiger partial charge in [0.2, 0.25) is 5.13 Å². The van der Waals surface area contributed by atoms with Crippen molar-refractivity contribution in [2.45, 2.75) is 24.2 Å². The predicted octanol–water partition coefficient (Wildman–Crippen LogP) is 4.31. The number of aromatic nitrogens is 2. The van der Waals surface area contributed by atoms with E-state index in [1.165, 1.54) is 5.56 Å². The molecule has 1 heterocycles. The summed E-state index contributed by atoms with van der Waals surface area (Å²) in [6.07, 6.45) is 1.15. The number of hydrogen-bond donors (Lipinski definition) is 1. The van der Waals surface area contributed by atoms with Gasteiger partial charge in [0.1, 0.15) is 0 Å². The van der Waals surface area contributed by atoms with Gasteiger partial charge in [-0.3, -0.25) is 0 Å². The summed E-state index contributed by atoms with van der Waals surface area (Å²) < 4.78 is 1.02. The van der Waals surface area contributed by atoms with E-state index in [1.54, 1.807) is 23.1 Å². The summed E-state index contributed by atoms with van der Waals surface area (Å²) in [5.41, 5.74) is 1.18. The highest BCUT2D eigenvalue weighted by molar-refractivity contribution is 8.01. The van der Waals surface area contributed by atoms with Crippen molar-refractivity contribution in [3.05, 3.63) is 34.9 Å². The fourth-order valence-corrected chi connectivity index (χ4v) is 3.11. The fraction of sp³-hybridized carbons (Fsp3) is 0.333. The van der Waals surface area contributed by atoms with Crippen molar-refractivity contribution in [1.29, 1.82) is 0 Å². The van der Waals surface area contributed by atoms with Crippen LogP contribution in [-0.4, -0.2) is 16.0 Å². The highest BCUT2D eigenvalue weighted by Crippen LogP contribution is 2.26. The summed E-state index contributed by atoms with van der Waals surface area (Å²) in [5.74, 6) is 1.09. The molecule has 1 aromatic carbocycles. The number of hydrogen-bond acceptors (Lipinski definition) is 5.